The first kappa shape index (κ1) is 15.7. The molecule has 22 heavy (non-hydrogen) atoms. The molecule has 0 amide bonds. The van der Waals surface area contributed by atoms with Gasteiger partial charge in [0.2, 0.25) is 16.9 Å². The van der Waals surface area contributed by atoms with Crippen LogP contribution in [0.25, 0.3) is 0 Å². The first-order valence-electron chi connectivity index (χ1n) is 7.83. The number of anilines is 1. The summed E-state index contributed by atoms with van der Waals surface area (Å²) in [4.78, 5) is 0. The number of thioether (sulfide) groups is 1. The van der Waals surface area contributed by atoms with Crippen molar-refractivity contribution >= 4 is 28.2 Å². The highest BCUT2D eigenvalue weighted by Gasteiger charge is 2.19. The predicted octanol–water partition coefficient (Wildman–Crippen LogP) is 4.08. The van der Waals surface area contributed by atoms with Gasteiger partial charge in [-0.3, -0.25) is 0 Å². The van der Waals surface area contributed by atoms with Crippen LogP contribution in [-0.2, 0) is 6.42 Å². The van der Waals surface area contributed by atoms with Gasteiger partial charge in [0.1, 0.15) is 0 Å². The molecule has 1 atom stereocenters. The third kappa shape index (κ3) is 3.98. The highest BCUT2D eigenvalue weighted by molar-refractivity contribution is 8.01. The maximum Gasteiger partial charge on any atom is 0.229 e. The van der Waals surface area contributed by atoms with Gasteiger partial charge in [0.15, 0.2) is 4.34 Å². The minimum absolute atomic E-state index is 0.0864. The lowest BCUT2D eigenvalue weighted by atomic mass is 9.96. The van der Waals surface area contributed by atoms with Crippen molar-refractivity contribution in [3.05, 3.63) is 11.8 Å². The van der Waals surface area contributed by atoms with Crippen LogP contribution in [0.4, 0.5) is 5.13 Å². The molecule has 2 aromatic rings. The van der Waals surface area contributed by atoms with Gasteiger partial charge in [0.05, 0.1) is 5.25 Å². The summed E-state index contributed by atoms with van der Waals surface area (Å²) in [7, 11) is 0. The van der Waals surface area contributed by atoms with Crippen molar-refractivity contribution in [1.29, 1.82) is 0 Å². The Labute approximate surface area is 138 Å². The number of nitrogens with one attached hydrogen (secondary N) is 1. The van der Waals surface area contributed by atoms with Crippen molar-refractivity contribution < 1.29 is 4.42 Å². The molecule has 2 aromatic heterocycles. The fourth-order valence-electron chi connectivity index (χ4n) is 2.51. The quantitative estimate of drug-likeness (QED) is 0.794. The molecule has 2 heterocycles. The maximum absolute atomic E-state index is 5.59. The largest absolute Gasteiger partial charge is 0.424 e. The molecular formula is C14H21N5OS2. The molecule has 6 nitrogen and oxygen atoms in total. The highest BCUT2D eigenvalue weighted by Crippen LogP contribution is 2.37. The molecule has 1 aliphatic rings. The van der Waals surface area contributed by atoms with Crippen molar-refractivity contribution in [1.82, 2.24) is 20.4 Å². The van der Waals surface area contributed by atoms with Crippen molar-refractivity contribution in [2.75, 3.05) is 5.32 Å². The van der Waals surface area contributed by atoms with E-state index in [-0.39, 0.29) is 5.25 Å². The van der Waals surface area contributed by atoms with E-state index >= 15 is 0 Å². The number of aryl methyl sites for hydroxylation is 1. The maximum atomic E-state index is 5.59. The van der Waals surface area contributed by atoms with Crippen LogP contribution in [0.3, 0.4) is 0 Å². The molecule has 3 rings (SSSR count). The summed E-state index contributed by atoms with van der Waals surface area (Å²) in [5.41, 5.74) is 0. The third-order valence-electron chi connectivity index (χ3n) is 3.75. The zero-order valence-electron chi connectivity index (χ0n) is 12.9. The first-order chi connectivity index (χ1) is 10.7. The molecule has 0 unspecified atom stereocenters. The van der Waals surface area contributed by atoms with Crippen LogP contribution in [0, 0.1) is 0 Å². The van der Waals surface area contributed by atoms with Crippen LogP contribution in [-0.4, -0.2) is 26.4 Å². The lowest BCUT2D eigenvalue weighted by molar-refractivity contribution is 0.456. The molecule has 8 heteroatoms. The number of nitrogens with zero attached hydrogens (tertiary/aromatic N) is 4. The molecule has 0 radical (unpaired) electrons. The molecule has 0 saturated heterocycles. The topological polar surface area (TPSA) is 76.7 Å². The Morgan fingerprint density at radius 2 is 2.05 bits per heavy atom. The van der Waals surface area contributed by atoms with Crippen molar-refractivity contribution in [2.45, 2.75) is 68.0 Å². The van der Waals surface area contributed by atoms with Crippen molar-refractivity contribution in [3.63, 3.8) is 0 Å². The minimum atomic E-state index is 0.0864. The summed E-state index contributed by atoms with van der Waals surface area (Å²) in [6.45, 7) is 4.05. The molecule has 0 aliphatic heterocycles. The summed E-state index contributed by atoms with van der Waals surface area (Å²) in [6, 6.07) is 0.556. The monoisotopic (exact) mass is 339 g/mol. The Hall–Kier alpha value is -1.15. The van der Waals surface area contributed by atoms with E-state index in [9.17, 15) is 0 Å². The molecular weight excluding hydrogens is 318 g/mol. The van der Waals surface area contributed by atoms with E-state index < -0.39 is 0 Å². The van der Waals surface area contributed by atoms with Crippen molar-refractivity contribution in [3.8, 4) is 0 Å². The van der Waals surface area contributed by atoms with E-state index in [1.165, 1.54) is 32.1 Å². The van der Waals surface area contributed by atoms with Crippen LogP contribution in [0.2, 0.25) is 0 Å². The molecule has 0 spiro atoms. The summed E-state index contributed by atoms with van der Waals surface area (Å²) in [5.74, 6) is 1.33. The average molecular weight is 339 g/mol. The molecule has 1 aliphatic carbocycles. The third-order valence-corrected chi connectivity index (χ3v) is 5.78. The summed E-state index contributed by atoms with van der Waals surface area (Å²) in [5, 5.41) is 21.1. The van der Waals surface area contributed by atoms with Gasteiger partial charge in [-0.25, -0.2) is 0 Å². The molecule has 120 valence electrons. The Morgan fingerprint density at radius 1 is 1.23 bits per heavy atom. The van der Waals surface area contributed by atoms with E-state index in [0.29, 0.717) is 17.8 Å². The van der Waals surface area contributed by atoms with Gasteiger partial charge in [-0.15, -0.1) is 20.4 Å². The van der Waals surface area contributed by atoms with Gasteiger partial charge < -0.3 is 9.73 Å². The van der Waals surface area contributed by atoms with E-state index in [4.69, 9.17) is 4.42 Å². The number of aromatic nitrogens is 4. The zero-order valence-corrected chi connectivity index (χ0v) is 14.5. The van der Waals surface area contributed by atoms with Crippen LogP contribution >= 0.6 is 23.1 Å². The standard InChI is InChI=1S/C14H21N5OS2/c1-3-11-16-17-12(20-11)9(2)21-14-19-18-13(22-14)15-10-7-5-4-6-8-10/h9-10H,3-8H2,1-2H3,(H,15,18)/t9-/m1/s1. The zero-order chi connectivity index (χ0) is 15.4. The first-order valence-corrected chi connectivity index (χ1v) is 9.53. The smallest absolute Gasteiger partial charge is 0.229 e. The summed E-state index contributed by atoms with van der Waals surface area (Å²) in [6.07, 6.45) is 7.22. The lowest BCUT2D eigenvalue weighted by Gasteiger charge is -2.21. The second-order valence-corrected chi connectivity index (χ2v) is 8.07. The fourth-order valence-corrected chi connectivity index (χ4v) is 4.52. The molecule has 0 bridgehead atoms. The van der Waals surface area contributed by atoms with Gasteiger partial charge in [-0.2, -0.15) is 0 Å². The van der Waals surface area contributed by atoms with Crippen LogP contribution in [0.15, 0.2) is 8.76 Å². The van der Waals surface area contributed by atoms with E-state index in [1.54, 1.807) is 23.1 Å². The highest BCUT2D eigenvalue weighted by atomic mass is 32.2. The minimum Gasteiger partial charge on any atom is -0.424 e. The van der Waals surface area contributed by atoms with Crippen LogP contribution in [0.1, 0.15) is 63.0 Å². The molecule has 1 N–H and O–H groups in total. The second-order valence-electron chi connectivity index (χ2n) is 5.50. The van der Waals surface area contributed by atoms with Gasteiger partial charge in [-0.1, -0.05) is 49.3 Å². The van der Waals surface area contributed by atoms with Gasteiger partial charge >= 0.3 is 0 Å². The number of hydrogen-bond donors (Lipinski definition) is 1. The van der Waals surface area contributed by atoms with Gasteiger partial charge in [0, 0.05) is 12.5 Å². The van der Waals surface area contributed by atoms with Gasteiger partial charge in [-0.05, 0) is 19.8 Å². The van der Waals surface area contributed by atoms with Gasteiger partial charge in [0.25, 0.3) is 0 Å². The Morgan fingerprint density at radius 3 is 2.77 bits per heavy atom. The molecule has 1 saturated carbocycles. The Kier molecular flexibility index (Phi) is 5.30. The average Bonchev–Trinajstić information content (AvgIpc) is 3.17. The molecule has 1 fully saturated rings. The fraction of sp³-hybridized carbons (Fsp3) is 0.714. The lowest BCUT2D eigenvalue weighted by Crippen LogP contribution is -2.21. The SMILES string of the molecule is CCc1nnc([C@@H](C)Sc2nnc(NC3CCCCC3)s2)o1. The second kappa shape index (κ2) is 7.41. The number of rotatable bonds is 6. The Bertz CT molecular complexity index is 594. The predicted molar refractivity (Wildman–Crippen MR) is 88.4 cm³/mol. The molecule has 0 aromatic carbocycles. The van der Waals surface area contributed by atoms with Crippen LogP contribution in [0.5, 0.6) is 0 Å². The van der Waals surface area contributed by atoms with E-state index in [2.05, 4.69) is 25.7 Å². The summed E-state index contributed by atoms with van der Waals surface area (Å²) < 4.78 is 6.53. The van der Waals surface area contributed by atoms with E-state index in [1.807, 2.05) is 13.8 Å². The van der Waals surface area contributed by atoms with Crippen molar-refractivity contribution in [2.24, 2.45) is 0 Å². The van der Waals surface area contributed by atoms with E-state index in [0.717, 1.165) is 15.9 Å². The summed E-state index contributed by atoms with van der Waals surface area (Å²) >= 11 is 3.21. The van der Waals surface area contributed by atoms with Crippen LogP contribution < -0.4 is 5.32 Å². The normalized spacial score (nSPS) is 17.5. The Balaban J connectivity index is 1.56. The number of hydrogen-bond acceptors (Lipinski definition) is 8.